The fourth-order valence-corrected chi connectivity index (χ4v) is 21.9. The minimum atomic E-state index is -0.327. The predicted octanol–water partition coefficient (Wildman–Crippen LogP) is 30.9. The number of aromatic nitrogens is 7. The van der Waals surface area contributed by atoms with E-state index in [9.17, 15) is 0 Å². The van der Waals surface area contributed by atoms with Gasteiger partial charge < -0.3 is 13.3 Å². The second kappa shape index (κ2) is 28.3. The first kappa shape index (κ1) is 75.6. The van der Waals surface area contributed by atoms with E-state index in [4.69, 9.17) is 43.2 Å². The maximum absolute atomic E-state index is 6.62. The van der Waals surface area contributed by atoms with Crippen LogP contribution in [0.3, 0.4) is 0 Å². The van der Waals surface area contributed by atoms with Crippen LogP contribution >= 0.6 is 0 Å². The lowest BCUT2D eigenvalue weighted by atomic mass is 9.79. The Bertz CT molecular complexity index is 8690. The van der Waals surface area contributed by atoms with Gasteiger partial charge in [-0.1, -0.05) is 316 Å². The number of benzene rings is 16. The van der Waals surface area contributed by atoms with E-state index in [1.165, 1.54) is 106 Å². The normalized spacial score (nSPS) is 14.1. The number of rotatable bonds is 7. The zero-order valence-corrected chi connectivity index (χ0v) is 72.4. The molecule has 16 aromatic carbocycles. The van der Waals surface area contributed by atoms with Gasteiger partial charge in [-0.15, -0.1) is 0 Å². The van der Waals surface area contributed by atoms with Crippen molar-refractivity contribution in [2.75, 3.05) is 0 Å². The molecule has 0 spiro atoms. The lowest BCUT2D eigenvalue weighted by Crippen LogP contribution is -2.17. The van der Waals surface area contributed by atoms with Gasteiger partial charge in [-0.05, 0) is 174 Å². The summed E-state index contributed by atoms with van der Waals surface area (Å²) in [6.07, 6.45) is 1.80. The van der Waals surface area contributed by atoms with Gasteiger partial charge in [0.05, 0.1) is 33.6 Å². The van der Waals surface area contributed by atoms with E-state index in [2.05, 4.69) is 345 Å². The van der Waals surface area contributed by atoms with E-state index in [1.807, 2.05) is 66.7 Å². The van der Waals surface area contributed by atoms with E-state index >= 15 is 0 Å². The average molecular weight is 1660 g/mol. The van der Waals surface area contributed by atoms with E-state index in [0.29, 0.717) is 11.6 Å². The topological polar surface area (TPSA) is 130 Å². The van der Waals surface area contributed by atoms with Crippen molar-refractivity contribution in [1.29, 1.82) is 0 Å². The quantitative estimate of drug-likeness (QED) is 0.152. The first-order valence-electron chi connectivity index (χ1n) is 44.4. The highest BCUT2D eigenvalue weighted by atomic mass is 16.3. The van der Waals surface area contributed by atoms with Crippen molar-refractivity contribution in [3.63, 3.8) is 0 Å². The molecule has 0 atom stereocenters. The summed E-state index contributed by atoms with van der Waals surface area (Å²) in [5.41, 5.74) is 39.2. The molecule has 0 fully saturated rings. The van der Waals surface area contributed by atoms with Gasteiger partial charge in [-0.3, -0.25) is 4.98 Å². The van der Waals surface area contributed by atoms with Gasteiger partial charge >= 0.3 is 0 Å². The Morgan fingerprint density at radius 1 is 0.202 bits per heavy atom. The Balaban J connectivity index is 0.000000105. The molecule has 0 bridgehead atoms. The van der Waals surface area contributed by atoms with Gasteiger partial charge in [-0.25, -0.2) is 29.9 Å². The summed E-state index contributed by atoms with van der Waals surface area (Å²) in [5.74, 6) is 2.15. The van der Waals surface area contributed by atoms with E-state index in [0.717, 1.165) is 150 Å². The van der Waals surface area contributed by atoms with Crippen LogP contribution in [-0.4, -0.2) is 34.9 Å². The molecule has 7 heterocycles. The lowest BCUT2D eigenvalue weighted by molar-refractivity contribution is 0.619. The highest BCUT2D eigenvalue weighted by Gasteiger charge is 2.44. The molecular formula is C119H83N7O3. The third-order valence-electron chi connectivity index (χ3n) is 28.1. The molecular weight excluding hydrogens is 1580 g/mol. The van der Waals surface area contributed by atoms with E-state index < -0.39 is 0 Å². The van der Waals surface area contributed by atoms with Crippen molar-refractivity contribution in [1.82, 2.24) is 34.9 Å². The molecule has 23 aromatic rings. The Labute approximate surface area is 745 Å². The minimum Gasteiger partial charge on any atom is -0.456 e. The number of nitrogens with zero attached hydrogens (tertiary/aromatic N) is 7. The molecule has 0 aliphatic heterocycles. The van der Waals surface area contributed by atoms with Crippen LogP contribution < -0.4 is 0 Å². The predicted molar refractivity (Wildman–Crippen MR) is 527 cm³/mol. The molecule has 27 rings (SSSR count). The summed E-state index contributed by atoms with van der Waals surface area (Å²) < 4.78 is 19.7. The third-order valence-corrected chi connectivity index (χ3v) is 28.1. The molecule has 4 aliphatic carbocycles. The van der Waals surface area contributed by atoms with Crippen LogP contribution in [0.15, 0.2) is 371 Å². The molecule has 0 saturated heterocycles. The summed E-state index contributed by atoms with van der Waals surface area (Å²) in [4.78, 5) is 35.5. The van der Waals surface area contributed by atoms with Crippen LogP contribution in [0, 0.1) is 0 Å². The molecule has 4 aliphatic rings. The van der Waals surface area contributed by atoms with E-state index in [1.54, 1.807) is 6.20 Å². The number of pyridine rings is 1. The summed E-state index contributed by atoms with van der Waals surface area (Å²) >= 11 is 0. The van der Waals surface area contributed by atoms with Crippen LogP contribution in [0.4, 0.5) is 0 Å². The van der Waals surface area contributed by atoms with Crippen LogP contribution in [0.2, 0.25) is 0 Å². The van der Waals surface area contributed by atoms with Crippen molar-refractivity contribution in [2.45, 2.75) is 77.0 Å². The zero-order valence-electron chi connectivity index (χ0n) is 72.4. The summed E-state index contributed by atoms with van der Waals surface area (Å²) in [6, 6.07) is 124. The first-order chi connectivity index (χ1) is 63.0. The molecule has 10 nitrogen and oxygen atoms in total. The second-order valence-electron chi connectivity index (χ2n) is 36.8. The van der Waals surface area contributed by atoms with Gasteiger partial charge in [0.15, 0.2) is 17.5 Å². The van der Waals surface area contributed by atoms with Gasteiger partial charge in [-0.2, -0.15) is 0 Å². The fraction of sp³-hybridized carbons (Fsp3) is 0.101. The monoisotopic (exact) mass is 1660 g/mol. The molecule has 7 aromatic heterocycles. The molecule has 612 valence electrons. The van der Waals surface area contributed by atoms with Crippen molar-refractivity contribution in [2.24, 2.45) is 0 Å². The summed E-state index contributed by atoms with van der Waals surface area (Å²) in [6.45, 7) is 18.4. The smallest absolute Gasteiger partial charge is 0.160 e. The third kappa shape index (κ3) is 11.5. The molecule has 0 saturated carbocycles. The Hall–Kier alpha value is -15.9. The second-order valence-corrected chi connectivity index (χ2v) is 36.8. The first-order valence-corrected chi connectivity index (χ1v) is 44.4. The van der Waals surface area contributed by atoms with Crippen molar-refractivity contribution >= 4 is 98.5 Å². The molecule has 0 unspecified atom stereocenters. The van der Waals surface area contributed by atoms with E-state index in [-0.39, 0.29) is 21.7 Å². The van der Waals surface area contributed by atoms with Gasteiger partial charge in [0, 0.05) is 121 Å². The molecule has 0 radical (unpaired) electrons. The Kier molecular flexibility index (Phi) is 16.6. The minimum absolute atomic E-state index is 0.0419. The summed E-state index contributed by atoms with van der Waals surface area (Å²) in [7, 11) is 0. The number of hydrogen-bond acceptors (Lipinski definition) is 10. The highest BCUT2D eigenvalue weighted by Crippen LogP contribution is 2.59. The number of furan rings is 3. The van der Waals surface area contributed by atoms with Gasteiger partial charge in [0.1, 0.15) is 39.2 Å². The largest absolute Gasteiger partial charge is 0.456 e. The number of para-hydroxylation sites is 5. The highest BCUT2D eigenvalue weighted by molar-refractivity contribution is 6.13. The Morgan fingerprint density at radius 3 is 1.19 bits per heavy atom. The number of hydrogen-bond donors (Lipinski definition) is 0. The van der Waals surface area contributed by atoms with Crippen molar-refractivity contribution in [3.8, 4) is 124 Å². The fourth-order valence-electron chi connectivity index (χ4n) is 21.9. The van der Waals surface area contributed by atoms with Gasteiger partial charge in [0.2, 0.25) is 0 Å². The average Bonchev–Trinajstić information content (AvgIpc) is 1.55. The standard InChI is InChI=1S/C44H32N2O.C41H28N2O.C34H23N3O/c1-43(2)34-17-8-5-12-26(34)33-24-25(20-23-35(33)43)40-31-14-6-9-18-36(31)45-42(46-40)32-16-11-15-28-29-21-22-30-27-13-7-10-19-37(27)47-41(30)39(29)44(3,4)38(28)32;1-41(2)34-14-8-6-12-29(34)30-21-22-31-33-24-28(20-23-36(33)44-39(31)37(30)41)40-42-35-15-9-7-13-32(35)38(43-40)27-18-16-26(17-19-27)25-10-4-3-5-11-25;1-34(2)26-17-14-20(33-36-27-11-5-3-10-24(27)31(37-33)28-12-7-8-18-35-28)19-25(26)22-15-16-23-21-9-4-6-13-29(21)38-32(23)30(22)34/h5-24H,1-4H3;3-24H,1-2H3;3-19H,1-2H3. The molecule has 0 amide bonds. The molecule has 10 heteroatoms. The molecule has 0 N–H and O–H groups in total. The van der Waals surface area contributed by atoms with Crippen LogP contribution in [-0.2, 0) is 21.7 Å². The lowest BCUT2D eigenvalue weighted by Gasteiger charge is -2.24. The zero-order chi connectivity index (χ0) is 86.5. The van der Waals surface area contributed by atoms with Crippen LogP contribution in [0.25, 0.3) is 222 Å². The Morgan fingerprint density at radius 2 is 0.581 bits per heavy atom. The summed E-state index contributed by atoms with van der Waals surface area (Å²) in [5, 5.41) is 9.93. The molecule has 129 heavy (non-hydrogen) atoms. The maximum atomic E-state index is 6.62. The maximum Gasteiger partial charge on any atom is 0.160 e. The number of fused-ring (bicyclic) bond motifs is 27. The van der Waals surface area contributed by atoms with Crippen molar-refractivity contribution < 1.29 is 13.3 Å². The van der Waals surface area contributed by atoms with Gasteiger partial charge in [0.25, 0.3) is 0 Å². The van der Waals surface area contributed by atoms with Crippen LogP contribution in [0.5, 0.6) is 0 Å². The van der Waals surface area contributed by atoms with Crippen molar-refractivity contribution in [3.05, 3.63) is 403 Å². The van der Waals surface area contributed by atoms with Crippen LogP contribution in [0.1, 0.15) is 99.9 Å². The SMILES string of the molecule is CC1(C)c2ccc(-c3nc(-c4ccccn4)c4ccccc4n3)cc2-c2ccc3c(oc4ccccc43)c21.CC1(C)c2ccccc2-c2cc(-c3nc(-c4cccc5c4C(C)(C)c4c-5ccc5c4oc4ccccc45)nc4ccccc34)ccc21.CC1(C)c2ccccc2-c2ccc3c(oc4ccc(-c5nc(-c6ccc(-c7ccccc7)cc6)c6ccccc6n5)cc43)c21.